The molecule has 1 fully saturated rings. The lowest BCUT2D eigenvalue weighted by Crippen LogP contribution is -2.34. The van der Waals surface area contributed by atoms with E-state index in [1.807, 2.05) is 11.3 Å². The molecular weight excluding hydrogens is 282 g/mol. The number of thiophene rings is 1. The molecule has 0 aliphatic heterocycles. The summed E-state index contributed by atoms with van der Waals surface area (Å²) in [4.78, 5) is 14.0. The molecule has 2 rings (SSSR count). The third-order valence-corrected chi connectivity index (χ3v) is 5.84. The molecule has 1 aliphatic rings. The number of carbonyl (C=O) groups is 1. The molecule has 2 unspecified atom stereocenters. The molecule has 1 aromatic rings. The number of hydrogen-bond donors (Lipinski definition) is 2. The van der Waals surface area contributed by atoms with E-state index in [1.165, 1.54) is 16.2 Å². The Kier molecular flexibility index (Phi) is 5.44. The minimum atomic E-state index is -0.618. The quantitative estimate of drug-likeness (QED) is 0.863. The predicted octanol–water partition coefficient (Wildman–Crippen LogP) is 4.03. The molecule has 1 saturated carbocycles. The van der Waals surface area contributed by atoms with E-state index in [1.54, 1.807) is 0 Å². The van der Waals surface area contributed by atoms with Crippen LogP contribution in [0.1, 0.15) is 56.2 Å². The molecule has 1 heterocycles. The second-order valence-electron chi connectivity index (χ2n) is 7.14. The van der Waals surface area contributed by atoms with Crippen LogP contribution >= 0.6 is 11.3 Å². The fourth-order valence-electron chi connectivity index (χ4n) is 3.03. The Morgan fingerprint density at radius 2 is 2.05 bits per heavy atom. The highest BCUT2D eigenvalue weighted by atomic mass is 32.1. The van der Waals surface area contributed by atoms with Gasteiger partial charge in [0.15, 0.2) is 0 Å². The summed E-state index contributed by atoms with van der Waals surface area (Å²) in [5, 5.41) is 12.8. The molecule has 0 bridgehead atoms. The maximum absolute atomic E-state index is 11.3. The third-order valence-electron chi connectivity index (χ3n) is 4.33. The Labute approximate surface area is 131 Å². The molecule has 1 aliphatic carbocycles. The average Bonchev–Trinajstić information content (AvgIpc) is 2.88. The van der Waals surface area contributed by atoms with E-state index in [0.29, 0.717) is 5.92 Å². The average molecular weight is 309 g/mol. The van der Waals surface area contributed by atoms with E-state index in [9.17, 15) is 9.90 Å². The number of nitrogens with one attached hydrogen (secondary N) is 1. The van der Waals surface area contributed by atoms with Crippen molar-refractivity contribution < 1.29 is 9.90 Å². The Balaban J connectivity index is 1.83. The highest BCUT2D eigenvalue weighted by molar-refractivity contribution is 7.12. The zero-order chi connectivity index (χ0) is 15.5. The molecule has 21 heavy (non-hydrogen) atoms. The van der Waals surface area contributed by atoms with Gasteiger partial charge in [-0.2, -0.15) is 0 Å². The van der Waals surface area contributed by atoms with Crippen LogP contribution in [0.15, 0.2) is 12.1 Å². The first-order valence-electron chi connectivity index (χ1n) is 7.90. The van der Waals surface area contributed by atoms with Crippen LogP contribution in [0.5, 0.6) is 0 Å². The minimum Gasteiger partial charge on any atom is -0.481 e. The van der Waals surface area contributed by atoms with Crippen molar-refractivity contribution in [1.82, 2.24) is 5.32 Å². The first kappa shape index (κ1) is 16.5. The molecule has 0 radical (unpaired) electrons. The topological polar surface area (TPSA) is 49.3 Å². The van der Waals surface area contributed by atoms with Crippen molar-refractivity contribution >= 4 is 17.3 Å². The van der Waals surface area contributed by atoms with Gasteiger partial charge >= 0.3 is 5.97 Å². The summed E-state index contributed by atoms with van der Waals surface area (Å²) >= 11 is 1.85. The van der Waals surface area contributed by atoms with E-state index >= 15 is 0 Å². The van der Waals surface area contributed by atoms with Gasteiger partial charge in [0.25, 0.3) is 0 Å². The van der Waals surface area contributed by atoms with Gasteiger partial charge in [0.05, 0.1) is 5.92 Å². The van der Waals surface area contributed by atoms with Crippen LogP contribution in [0.25, 0.3) is 0 Å². The van der Waals surface area contributed by atoms with E-state index in [0.717, 1.165) is 32.4 Å². The maximum Gasteiger partial charge on any atom is 0.306 e. The van der Waals surface area contributed by atoms with Crippen LogP contribution in [0.4, 0.5) is 0 Å². The Morgan fingerprint density at radius 3 is 2.67 bits per heavy atom. The van der Waals surface area contributed by atoms with Crippen LogP contribution in [-0.2, 0) is 16.8 Å². The van der Waals surface area contributed by atoms with Gasteiger partial charge in [0.2, 0.25) is 0 Å². The molecule has 0 spiro atoms. The third kappa shape index (κ3) is 4.55. The molecular formula is C17H27NO2S. The smallest absolute Gasteiger partial charge is 0.306 e. The molecule has 4 heteroatoms. The normalized spacial score (nSPS) is 23.2. The SMILES string of the molecule is CC(C)(C)c1ccc(CNCC2CCCCC2C(=O)O)s1. The molecule has 2 N–H and O–H groups in total. The van der Waals surface area contributed by atoms with Crippen LogP contribution in [0.3, 0.4) is 0 Å². The van der Waals surface area contributed by atoms with Crippen molar-refractivity contribution in [3.8, 4) is 0 Å². The van der Waals surface area contributed by atoms with Gasteiger partial charge in [-0.25, -0.2) is 0 Å². The van der Waals surface area contributed by atoms with Crippen molar-refractivity contribution in [2.24, 2.45) is 11.8 Å². The molecule has 1 aromatic heterocycles. The number of aliphatic carboxylic acids is 1. The zero-order valence-corrected chi connectivity index (χ0v) is 14.1. The Hall–Kier alpha value is -0.870. The van der Waals surface area contributed by atoms with Crippen LogP contribution in [0.2, 0.25) is 0 Å². The summed E-state index contributed by atoms with van der Waals surface area (Å²) in [6, 6.07) is 4.40. The van der Waals surface area contributed by atoms with E-state index < -0.39 is 5.97 Å². The summed E-state index contributed by atoms with van der Waals surface area (Å²) < 4.78 is 0. The van der Waals surface area contributed by atoms with Gasteiger partial charge in [-0.05, 0) is 42.9 Å². The fraction of sp³-hybridized carbons (Fsp3) is 0.706. The highest BCUT2D eigenvalue weighted by Crippen LogP contribution is 2.31. The first-order chi connectivity index (χ1) is 9.88. The second-order valence-corrected chi connectivity index (χ2v) is 8.30. The van der Waals surface area contributed by atoms with Crippen molar-refractivity contribution in [3.63, 3.8) is 0 Å². The van der Waals surface area contributed by atoms with Gasteiger partial charge in [-0.15, -0.1) is 11.3 Å². The zero-order valence-electron chi connectivity index (χ0n) is 13.3. The molecule has 2 atom stereocenters. The van der Waals surface area contributed by atoms with Gasteiger partial charge in [-0.3, -0.25) is 4.79 Å². The first-order valence-corrected chi connectivity index (χ1v) is 8.72. The molecule has 3 nitrogen and oxygen atoms in total. The number of hydrogen-bond acceptors (Lipinski definition) is 3. The van der Waals surface area contributed by atoms with Gasteiger partial charge < -0.3 is 10.4 Å². The molecule has 0 aromatic carbocycles. The summed E-state index contributed by atoms with van der Waals surface area (Å²) in [7, 11) is 0. The Bertz CT molecular complexity index is 475. The van der Waals surface area contributed by atoms with E-state index in [-0.39, 0.29) is 11.3 Å². The van der Waals surface area contributed by atoms with Gasteiger partial charge in [0.1, 0.15) is 0 Å². The molecule has 118 valence electrons. The van der Waals surface area contributed by atoms with Gasteiger partial charge in [-0.1, -0.05) is 33.6 Å². The van der Waals surface area contributed by atoms with Gasteiger partial charge in [0, 0.05) is 16.3 Å². The lowest BCUT2D eigenvalue weighted by Gasteiger charge is -2.28. The summed E-state index contributed by atoms with van der Waals surface area (Å²) in [6.45, 7) is 8.36. The lowest BCUT2D eigenvalue weighted by molar-refractivity contribution is -0.144. The number of rotatable bonds is 5. The number of carboxylic acid groups (broad SMARTS) is 1. The summed E-state index contributed by atoms with van der Waals surface area (Å²) in [5.41, 5.74) is 0.209. The minimum absolute atomic E-state index is 0.153. The Morgan fingerprint density at radius 1 is 1.33 bits per heavy atom. The fourth-order valence-corrected chi connectivity index (χ4v) is 4.07. The molecule has 0 amide bonds. The van der Waals surface area contributed by atoms with E-state index in [2.05, 4.69) is 38.2 Å². The maximum atomic E-state index is 11.3. The van der Waals surface area contributed by atoms with Crippen molar-refractivity contribution in [3.05, 3.63) is 21.9 Å². The predicted molar refractivity (Wildman–Crippen MR) is 87.8 cm³/mol. The standard InChI is InChI=1S/C17H27NO2S/c1-17(2,3)15-9-8-13(21-15)11-18-10-12-6-4-5-7-14(12)16(19)20/h8-9,12,14,18H,4-7,10-11H2,1-3H3,(H,19,20). The second kappa shape index (κ2) is 6.93. The molecule has 0 saturated heterocycles. The summed E-state index contributed by atoms with van der Waals surface area (Å²) in [5.74, 6) is -0.481. The highest BCUT2D eigenvalue weighted by Gasteiger charge is 2.30. The monoisotopic (exact) mass is 309 g/mol. The van der Waals surface area contributed by atoms with Crippen molar-refractivity contribution in [2.45, 2.75) is 58.4 Å². The summed E-state index contributed by atoms with van der Waals surface area (Å²) in [6.07, 6.45) is 4.12. The largest absolute Gasteiger partial charge is 0.481 e. The van der Waals surface area contributed by atoms with Crippen molar-refractivity contribution in [1.29, 1.82) is 0 Å². The van der Waals surface area contributed by atoms with E-state index in [4.69, 9.17) is 0 Å². The van der Waals surface area contributed by atoms with Crippen LogP contribution in [0, 0.1) is 11.8 Å². The van der Waals surface area contributed by atoms with Crippen LogP contribution in [-0.4, -0.2) is 17.6 Å². The number of carboxylic acids is 1. The lowest BCUT2D eigenvalue weighted by atomic mass is 9.79. The van der Waals surface area contributed by atoms with Crippen molar-refractivity contribution in [2.75, 3.05) is 6.54 Å². The van der Waals surface area contributed by atoms with Crippen LogP contribution < -0.4 is 5.32 Å².